The summed E-state index contributed by atoms with van der Waals surface area (Å²) in [5, 5.41) is 18.7. The van der Waals surface area contributed by atoms with E-state index in [1.807, 2.05) is 18.2 Å². The zero-order valence-electron chi connectivity index (χ0n) is 15.6. The van der Waals surface area contributed by atoms with Crippen LogP contribution >= 0.6 is 0 Å². The quantitative estimate of drug-likeness (QED) is 0.406. The molecule has 0 aromatic heterocycles. The Hall–Kier alpha value is -1.21. The first-order valence-electron chi connectivity index (χ1n) is 9.76. The van der Waals surface area contributed by atoms with Gasteiger partial charge in [0.2, 0.25) is 0 Å². The van der Waals surface area contributed by atoms with Gasteiger partial charge in [0.1, 0.15) is 0 Å². The van der Waals surface area contributed by atoms with Crippen molar-refractivity contribution in [3.63, 3.8) is 0 Å². The Labute approximate surface area is 155 Å². The molecule has 3 unspecified atom stereocenters. The van der Waals surface area contributed by atoms with Gasteiger partial charge in [-0.05, 0) is 25.7 Å². The van der Waals surface area contributed by atoms with Crippen LogP contribution < -0.4 is 0 Å². The Bertz CT molecular complexity index is 475. The Kier molecular flexibility index (Phi) is 9.32. The lowest BCUT2D eigenvalue weighted by atomic mass is 9.91. The molecule has 6 nitrogen and oxygen atoms in total. The highest BCUT2D eigenvalue weighted by Crippen LogP contribution is 2.34. The number of fused-ring (bicyclic) bond motifs is 2. The number of carbonyl (C=O) groups is 1. The maximum Gasteiger partial charge on any atom is 0.303 e. The van der Waals surface area contributed by atoms with Crippen LogP contribution in [0.15, 0.2) is 24.3 Å². The summed E-state index contributed by atoms with van der Waals surface area (Å²) in [6.45, 7) is 2.06. The van der Waals surface area contributed by atoms with Crippen LogP contribution in [0, 0.1) is 5.92 Å². The largest absolute Gasteiger partial charge is 0.481 e. The Morgan fingerprint density at radius 2 is 2.08 bits per heavy atom. The maximum atomic E-state index is 10.5. The summed E-state index contributed by atoms with van der Waals surface area (Å²) in [4.78, 5) is 10.5. The van der Waals surface area contributed by atoms with Crippen molar-refractivity contribution in [2.45, 2.75) is 83.1 Å². The van der Waals surface area contributed by atoms with Gasteiger partial charge >= 0.3 is 5.97 Å². The van der Waals surface area contributed by atoms with Crippen LogP contribution in [0.1, 0.15) is 58.3 Å². The fourth-order valence-electron chi connectivity index (χ4n) is 3.29. The van der Waals surface area contributed by atoms with Gasteiger partial charge in [0.05, 0.1) is 24.9 Å². The molecular formula is C20H32O6. The molecule has 2 saturated heterocycles. The molecule has 2 bridgehead atoms. The summed E-state index contributed by atoms with van der Waals surface area (Å²) in [6.07, 6.45) is 13.7. The first-order chi connectivity index (χ1) is 12.6. The molecule has 2 heterocycles. The van der Waals surface area contributed by atoms with E-state index in [0.717, 1.165) is 38.5 Å². The highest BCUT2D eigenvalue weighted by Gasteiger charge is 2.43. The number of aliphatic carboxylic acids is 1. The van der Waals surface area contributed by atoms with Gasteiger partial charge in [0.15, 0.2) is 0 Å². The highest BCUT2D eigenvalue weighted by atomic mass is 16.9. The average Bonchev–Trinajstić information content (AvgIpc) is 3.00. The number of carboxylic acids is 1. The van der Waals surface area contributed by atoms with E-state index in [9.17, 15) is 9.90 Å². The smallest absolute Gasteiger partial charge is 0.303 e. The minimum atomic E-state index is -0.760. The van der Waals surface area contributed by atoms with Crippen LogP contribution in [0.2, 0.25) is 0 Å². The van der Waals surface area contributed by atoms with Gasteiger partial charge in [0, 0.05) is 12.3 Å². The third kappa shape index (κ3) is 7.19. The first-order valence-corrected chi connectivity index (χ1v) is 9.76. The Morgan fingerprint density at radius 1 is 1.23 bits per heavy atom. The number of rotatable bonds is 12. The number of unbranched alkanes of at least 4 members (excludes halogenated alkanes) is 3. The van der Waals surface area contributed by atoms with E-state index in [1.54, 1.807) is 0 Å². The number of aliphatic hydroxyl groups is 1. The molecule has 0 saturated carbocycles. The van der Waals surface area contributed by atoms with E-state index in [-0.39, 0.29) is 24.5 Å². The normalized spacial score (nSPS) is 29.6. The Balaban J connectivity index is 1.82. The topological polar surface area (TPSA) is 85.2 Å². The summed E-state index contributed by atoms with van der Waals surface area (Å²) in [5.74, 6) is -0.632. The standard InChI is InChI=1S/C20H32O6/c1-2-3-6-9-15(21)12-13-17-16(18-14-24-20(25-17)26-18)10-7-4-5-8-11-19(22)23/h4,7,12-13,15-18,20-21H,2-3,5-6,8-11,14H2,1H3,(H,22,23)/b7-4-,13-12+/t15?,16-,17?,18?,20-/m1/s1. The van der Waals surface area contributed by atoms with Gasteiger partial charge < -0.3 is 24.4 Å². The van der Waals surface area contributed by atoms with E-state index in [1.165, 1.54) is 0 Å². The van der Waals surface area contributed by atoms with Gasteiger partial charge in [-0.25, -0.2) is 0 Å². The van der Waals surface area contributed by atoms with Gasteiger partial charge in [-0.2, -0.15) is 0 Å². The molecule has 148 valence electrons. The lowest BCUT2D eigenvalue weighted by molar-refractivity contribution is -0.290. The number of hydrogen-bond acceptors (Lipinski definition) is 5. The molecule has 0 radical (unpaired) electrons. The number of hydrogen-bond donors (Lipinski definition) is 2. The SMILES string of the molecule is CCCCCC(O)/C=C/C1O[C@H]2OCC(O2)[C@@H]1C/C=C\CCCC(=O)O. The molecule has 0 spiro atoms. The van der Waals surface area contributed by atoms with Gasteiger partial charge in [0.25, 0.3) is 6.48 Å². The van der Waals surface area contributed by atoms with Crippen LogP contribution in [0.5, 0.6) is 0 Å². The zero-order chi connectivity index (χ0) is 18.8. The summed E-state index contributed by atoms with van der Waals surface area (Å²) in [6, 6.07) is 0. The molecule has 0 aliphatic carbocycles. The molecule has 5 atom stereocenters. The Morgan fingerprint density at radius 3 is 2.85 bits per heavy atom. The molecular weight excluding hydrogens is 336 g/mol. The second-order valence-electron chi connectivity index (χ2n) is 7.00. The zero-order valence-corrected chi connectivity index (χ0v) is 15.6. The van der Waals surface area contributed by atoms with E-state index >= 15 is 0 Å². The summed E-state index contributed by atoms with van der Waals surface area (Å²) >= 11 is 0. The fraction of sp³-hybridized carbons (Fsp3) is 0.750. The van der Waals surface area contributed by atoms with Crippen LogP contribution in [-0.2, 0) is 19.0 Å². The highest BCUT2D eigenvalue weighted by molar-refractivity contribution is 5.66. The predicted octanol–water partition coefficient (Wildman–Crippen LogP) is 3.40. The predicted molar refractivity (Wildman–Crippen MR) is 97.5 cm³/mol. The first kappa shape index (κ1) is 21.1. The molecule has 0 aromatic carbocycles. The van der Waals surface area contributed by atoms with E-state index in [2.05, 4.69) is 13.0 Å². The molecule has 6 heteroatoms. The summed E-state index contributed by atoms with van der Waals surface area (Å²) in [7, 11) is 0. The molecule has 2 fully saturated rings. The van der Waals surface area contributed by atoms with Crippen molar-refractivity contribution in [2.75, 3.05) is 6.61 Å². The van der Waals surface area contributed by atoms with Crippen LogP contribution in [0.3, 0.4) is 0 Å². The number of carboxylic acid groups (broad SMARTS) is 1. The summed E-state index contributed by atoms with van der Waals surface area (Å²) in [5.41, 5.74) is 0. The summed E-state index contributed by atoms with van der Waals surface area (Å²) < 4.78 is 17.0. The molecule has 2 aliphatic heterocycles. The number of aliphatic hydroxyl groups excluding tert-OH is 1. The molecule has 2 aliphatic rings. The molecule has 0 amide bonds. The average molecular weight is 368 g/mol. The van der Waals surface area contributed by atoms with Crippen molar-refractivity contribution < 1.29 is 29.2 Å². The third-order valence-electron chi connectivity index (χ3n) is 4.81. The molecule has 2 rings (SSSR count). The van der Waals surface area contributed by atoms with Crippen molar-refractivity contribution in [1.29, 1.82) is 0 Å². The molecule has 0 aromatic rings. The van der Waals surface area contributed by atoms with Crippen molar-refractivity contribution in [3.05, 3.63) is 24.3 Å². The lowest BCUT2D eigenvalue weighted by Gasteiger charge is -2.33. The van der Waals surface area contributed by atoms with Crippen molar-refractivity contribution in [1.82, 2.24) is 0 Å². The van der Waals surface area contributed by atoms with Crippen molar-refractivity contribution >= 4 is 5.97 Å². The van der Waals surface area contributed by atoms with Crippen LogP contribution in [0.25, 0.3) is 0 Å². The number of ether oxygens (including phenoxy) is 3. The van der Waals surface area contributed by atoms with E-state index in [4.69, 9.17) is 19.3 Å². The van der Waals surface area contributed by atoms with Gasteiger partial charge in [-0.1, -0.05) is 50.5 Å². The third-order valence-corrected chi connectivity index (χ3v) is 4.81. The van der Waals surface area contributed by atoms with Gasteiger partial charge in [-0.15, -0.1) is 0 Å². The van der Waals surface area contributed by atoms with Gasteiger partial charge in [-0.3, -0.25) is 4.79 Å². The van der Waals surface area contributed by atoms with Crippen molar-refractivity contribution in [3.8, 4) is 0 Å². The fourth-order valence-corrected chi connectivity index (χ4v) is 3.29. The van der Waals surface area contributed by atoms with E-state index in [0.29, 0.717) is 13.0 Å². The maximum absolute atomic E-state index is 10.5. The van der Waals surface area contributed by atoms with Crippen molar-refractivity contribution in [2.24, 2.45) is 5.92 Å². The number of allylic oxidation sites excluding steroid dienone is 2. The molecule has 2 N–H and O–H groups in total. The minimum absolute atomic E-state index is 0.00990. The molecule has 26 heavy (non-hydrogen) atoms. The van der Waals surface area contributed by atoms with Crippen LogP contribution in [0.4, 0.5) is 0 Å². The second kappa shape index (κ2) is 11.5. The minimum Gasteiger partial charge on any atom is -0.481 e. The second-order valence-corrected chi connectivity index (χ2v) is 7.00. The monoisotopic (exact) mass is 368 g/mol. The van der Waals surface area contributed by atoms with Crippen LogP contribution in [-0.4, -0.2) is 47.6 Å². The lowest BCUT2D eigenvalue weighted by Crippen LogP contribution is -2.40. The van der Waals surface area contributed by atoms with E-state index < -0.39 is 18.5 Å².